The Bertz CT molecular complexity index is 78.5. The zero-order chi connectivity index (χ0) is 6.62. The molecule has 0 spiro atoms. The molecule has 0 aromatic carbocycles. The third-order valence-corrected chi connectivity index (χ3v) is 1.83. The molecule has 0 aliphatic heterocycles. The van der Waals surface area contributed by atoms with E-state index < -0.39 is 4.09 Å². The van der Waals surface area contributed by atoms with E-state index in [0.717, 1.165) is 0 Å². The third kappa shape index (κ3) is 2.10. The second kappa shape index (κ2) is 3.41. The van der Waals surface area contributed by atoms with Gasteiger partial charge in [-0.1, -0.05) is 0 Å². The van der Waals surface area contributed by atoms with Gasteiger partial charge in [-0.3, -0.25) is 0 Å². The summed E-state index contributed by atoms with van der Waals surface area (Å²) >= 11 is 1.79. The van der Waals surface area contributed by atoms with Crippen LogP contribution in [0.3, 0.4) is 0 Å². The normalized spacial score (nSPS) is 11.1. The summed E-state index contributed by atoms with van der Waals surface area (Å²) in [4.78, 5) is 0. The van der Waals surface area contributed by atoms with Crippen LogP contribution in [0.5, 0.6) is 0 Å². The Hall–Kier alpha value is 0.374. The van der Waals surface area contributed by atoms with Gasteiger partial charge in [0.2, 0.25) is 0 Å². The number of hydrogen-bond donors (Lipinski definition) is 0. The summed E-state index contributed by atoms with van der Waals surface area (Å²) in [6, 6.07) is 0. The van der Waals surface area contributed by atoms with Gasteiger partial charge in [0.25, 0.3) is 0 Å². The van der Waals surface area contributed by atoms with Gasteiger partial charge in [0.1, 0.15) is 0 Å². The van der Waals surface area contributed by atoms with Crippen molar-refractivity contribution in [3.05, 3.63) is 12.7 Å². The Labute approximate surface area is 61.3 Å². The Balaban J connectivity index is 3.76. The van der Waals surface area contributed by atoms with Gasteiger partial charge in [0, 0.05) is 0 Å². The number of methoxy groups -OCH3 is 2. The van der Waals surface area contributed by atoms with Crippen molar-refractivity contribution in [1.82, 2.24) is 0 Å². The second-order valence-electron chi connectivity index (χ2n) is 1.28. The molecule has 0 unspecified atom stereocenters. The van der Waals surface area contributed by atoms with E-state index in [1.807, 2.05) is 0 Å². The summed E-state index contributed by atoms with van der Waals surface area (Å²) in [6.07, 6.45) is 1.60. The molecule has 2 nitrogen and oxygen atoms in total. The summed E-state index contributed by atoms with van der Waals surface area (Å²) < 4.78 is 9.18. The molecule has 0 bridgehead atoms. The van der Waals surface area contributed by atoms with E-state index in [0.29, 0.717) is 0 Å². The van der Waals surface area contributed by atoms with E-state index >= 15 is 0 Å². The van der Waals surface area contributed by atoms with Crippen LogP contribution in [0.25, 0.3) is 0 Å². The zero-order valence-electron chi connectivity index (χ0n) is 5.10. The fourth-order valence-electron chi connectivity index (χ4n) is 0.250. The first kappa shape index (κ1) is 8.37. The fraction of sp³-hybridized carbons (Fsp3) is 0.600. The Morgan fingerprint density at radius 3 is 1.88 bits per heavy atom. The van der Waals surface area contributed by atoms with Crippen LogP contribution >= 0.6 is 0 Å². The van der Waals surface area contributed by atoms with Crippen molar-refractivity contribution >= 4 is 0 Å². The summed E-state index contributed by atoms with van der Waals surface area (Å²) in [5.41, 5.74) is 0. The minimum atomic E-state index is -0.611. The van der Waals surface area contributed by atoms with E-state index in [2.05, 4.69) is 6.58 Å². The molecule has 0 heterocycles. The van der Waals surface area contributed by atoms with Crippen LogP contribution in [0.15, 0.2) is 12.7 Å². The molecule has 3 heteroatoms. The molecule has 0 aliphatic carbocycles. The predicted octanol–water partition coefficient (Wildman–Crippen LogP) is 0.666. The summed E-state index contributed by atoms with van der Waals surface area (Å²) in [6.45, 7) is 3.52. The zero-order valence-corrected chi connectivity index (χ0v) is 6.66. The van der Waals surface area contributed by atoms with Crippen molar-refractivity contribution < 1.29 is 29.9 Å². The molecule has 8 heavy (non-hydrogen) atoms. The van der Waals surface area contributed by atoms with Crippen molar-refractivity contribution in [3.8, 4) is 0 Å². The molecule has 0 fully saturated rings. The van der Waals surface area contributed by atoms with Gasteiger partial charge in [-0.2, -0.15) is 0 Å². The van der Waals surface area contributed by atoms with Gasteiger partial charge in [-0.05, 0) is 0 Å². The minimum absolute atomic E-state index is 0.611. The number of hydrogen-bond acceptors (Lipinski definition) is 2. The van der Waals surface area contributed by atoms with E-state index in [4.69, 9.17) is 9.47 Å². The number of rotatable bonds is 3. The molecule has 45 valence electrons. The molecular formula is C5H9O2Ti. The molecule has 0 aliphatic rings. The van der Waals surface area contributed by atoms with Gasteiger partial charge in [-0.15, -0.1) is 0 Å². The van der Waals surface area contributed by atoms with Gasteiger partial charge in [0.05, 0.1) is 0 Å². The molecule has 0 saturated heterocycles. The molecule has 0 saturated carbocycles. The van der Waals surface area contributed by atoms with Gasteiger partial charge >= 0.3 is 60.9 Å². The van der Waals surface area contributed by atoms with Crippen molar-refractivity contribution in [2.45, 2.75) is 4.09 Å². The molecule has 0 aromatic rings. The molecular weight excluding hydrogens is 140 g/mol. The Kier molecular flexibility index (Phi) is 3.57. The maximum atomic E-state index is 4.90. The average molecular weight is 149 g/mol. The standard InChI is InChI=1S/C5H9O2.Ti/c1-4-5(6-2)7-3;/h4H,1H2,2-3H3;. The molecule has 0 N–H and O–H groups in total. The van der Waals surface area contributed by atoms with E-state index in [9.17, 15) is 0 Å². The van der Waals surface area contributed by atoms with Gasteiger partial charge < -0.3 is 0 Å². The van der Waals surface area contributed by atoms with Crippen molar-refractivity contribution in [2.24, 2.45) is 0 Å². The van der Waals surface area contributed by atoms with Crippen molar-refractivity contribution in [2.75, 3.05) is 14.2 Å². The number of ether oxygens (including phenoxy) is 2. The maximum absolute atomic E-state index is 4.90. The molecule has 0 rings (SSSR count). The van der Waals surface area contributed by atoms with E-state index in [-0.39, 0.29) is 0 Å². The third-order valence-electron chi connectivity index (χ3n) is 0.875. The summed E-state index contributed by atoms with van der Waals surface area (Å²) in [5, 5.41) is 0. The van der Waals surface area contributed by atoms with Crippen LogP contribution in [0.1, 0.15) is 0 Å². The quantitative estimate of drug-likeness (QED) is 0.333. The van der Waals surface area contributed by atoms with Crippen LogP contribution in [-0.2, 0) is 29.9 Å². The second-order valence-corrected chi connectivity index (χ2v) is 2.37. The van der Waals surface area contributed by atoms with Crippen molar-refractivity contribution in [1.29, 1.82) is 0 Å². The van der Waals surface area contributed by atoms with Crippen LogP contribution in [0, 0.1) is 0 Å². The van der Waals surface area contributed by atoms with Gasteiger partial charge in [-0.25, -0.2) is 0 Å². The monoisotopic (exact) mass is 149 g/mol. The molecule has 0 radical (unpaired) electrons. The van der Waals surface area contributed by atoms with Gasteiger partial charge in [0.15, 0.2) is 0 Å². The Morgan fingerprint density at radius 1 is 1.50 bits per heavy atom. The first-order valence-corrected chi connectivity index (χ1v) is 2.95. The Morgan fingerprint density at radius 2 is 1.88 bits per heavy atom. The van der Waals surface area contributed by atoms with Crippen LogP contribution < -0.4 is 0 Å². The molecule has 0 atom stereocenters. The van der Waals surface area contributed by atoms with E-state index in [1.165, 1.54) is 0 Å². The summed E-state index contributed by atoms with van der Waals surface area (Å²) in [7, 11) is 3.15. The van der Waals surface area contributed by atoms with Crippen LogP contribution in [0.2, 0.25) is 0 Å². The molecule has 0 amide bonds. The topological polar surface area (TPSA) is 18.5 Å². The first-order valence-electron chi connectivity index (χ1n) is 2.17. The van der Waals surface area contributed by atoms with Crippen molar-refractivity contribution in [3.63, 3.8) is 0 Å². The van der Waals surface area contributed by atoms with E-state index in [1.54, 1.807) is 40.7 Å². The predicted molar refractivity (Wildman–Crippen MR) is 26.9 cm³/mol. The fourth-order valence-corrected chi connectivity index (χ4v) is 0.250. The van der Waals surface area contributed by atoms with Crippen LogP contribution in [0.4, 0.5) is 0 Å². The molecule has 0 aromatic heterocycles. The van der Waals surface area contributed by atoms with Crippen LogP contribution in [-0.4, -0.2) is 18.3 Å². The average Bonchev–Trinajstić information content (AvgIpc) is 1.87. The SMILES string of the molecule is C=C[C]([Ti])(OC)OC. The first-order chi connectivity index (χ1) is 3.68. The summed E-state index contributed by atoms with van der Waals surface area (Å²) in [5.74, 6) is 0.